The standard InChI is InChI=1S/C9H8N2O2S/c12-8(5-14)13-9-10-6-3-1-2-4-7(6)11-9/h1-4,14H,5H2,(H,10,11). The molecule has 0 aliphatic carbocycles. The van der Waals surface area contributed by atoms with E-state index in [1.54, 1.807) is 0 Å². The molecule has 14 heavy (non-hydrogen) atoms. The van der Waals surface area contributed by atoms with Crippen LogP contribution in [0.1, 0.15) is 0 Å². The number of carbonyl (C=O) groups excluding carboxylic acids is 1. The third kappa shape index (κ3) is 1.72. The van der Waals surface area contributed by atoms with Crippen molar-refractivity contribution in [2.45, 2.75) is 0 Å². The van der Waals surface area contributed by atoms with Crippen LogP contribution in [0.25, 0.3) is 11.0 Å². The van der Waals surface area contributed by atoms with Gasteiger partial charge in [-0.15, -0.1) is 0 Å². The minimum Gasteiger partial charge on any atom is -0.392 e. The van der Waals surface area contributed by atoms with Gasteiger partial charge in [0.2, 0.25) is 0 Å². The molecule has 0 spiro atoms. The number of hydrogen-bond acceptors (Lipinski definition) is 4. The third-order valence-corrected chi connectivity index (χ3v) is 1.97. The van der Waals surface area contributed by atoms with Crippen molar-refractivity contribution in [3.8, 4) is 6.01 Å². The SMILES string of the molecule is O=C(CS)Oc1nc2ccccc2[nH]1. The van der Waals surface area contributed by atoms with Crippen LogP contribution in [0.3, 0.4) is 0 Å². The summed E-state index contributed by atoms with van der Waals surface area (Å²) in [7, 11) is 0. The summed E-state index contributed by atoms with van der Waals surface area (Å²) in [5.74, 6) is -0.385. The Hall–Kier alpha value is -1.49. The van der Waals surface area contributed by atoms with Gasteiger partial charge in [0.05, 0.1) is 16.8 Å². The maximum absolute atomic E-state index is 10.9. The average molecular weight is 208 g/mol. The van der Waals surface area contributed by atoms with Gasteiger partial charge in [0.25, 0.3) is 0 Å². The number of thiol groups is 1. The van der Waals surface area contributed by atoms with E-state index in [4.69, 9.17) is 4.74 Å². The number of aromatic nitrogens is 2. The highest BCUT2D eigenvalue weighted by Gasteiger charge is 2.06. The number of aromatic amines is 1. The lowest BCUT2D eigenvalue weighted by molar-refractivity contribution is -0.131. The van der Waals surface area contributed by atoms with E-state index in [2.05, 4.69) is 22.6 Å². The van der Waals surface area contributed by atoms with Gasteiger partial charge in [0, 0.05) is 0 Å². The molecule has 72 valence electrons. The molecule has 0 unspecified atom stereocenters. The molecule has 5 heteroatoms. The van der Waals surface area contributed by atoms with Crippen LogP contribution >= 0.6 is 12.6 Å². The second kappa shape index (κ2) is 3.71. The van der Waals surface area contributed by atoms with Crippen LogP contribution in [-0.2, 0) is 4.79 Å². The molecular weight excluding hydrogens is 200 g/mol. The zero-order valence-corrected chi connectivity index (χ0v) is 8.12. The summed E-state index contributed by atoms with van der Waals surface area (Å²) >= 11 is 3.79. The van der Waals surface area contributed by atoms with E-state index >= 15 is 0 Å². The highest BCUT2D eigenvalue weighted by molar-refractivity contribution is 7.81. The molecule has 0 aliphatic heterocycles. The molecule has 2 rings (SSSR count). The monoisotopic (exact) mass is 208 g/mol. The number of ether oxygens (including phenoxy) is 1. The van der Waals surface area contributed by atoms with E-state index < -0.39 is 5.97 Å². The number of H-pyrrole nitrogens is 1. The smallest absolute Gasteiger partial charge is 0.323 e. The molecule has 1 aromatic heterocycles. The van der Waals surface area contributed by atoms with E-state index in [1.165, 1.54) is 0 Å². The van der Waals surface area contributed by atoms with Gasteiger partial charge in [-0.3, -0.25) is 4.79 Å². The van der Waals surface area contributed by atoms with E-state index in [0.29, 0.717) is 0 Å². The van der Waals surface area contributed by atoms with Crippen molar-refractivity contribution in [1.82, 2.24) is 9.97 Å². The van der Waals surface area contributed by atoms with Gasteiger partial charge >= 0.3 is 12.0 Å². The number of para-hydroxylation sites is 2. The van der Waals surface area contributed by atoms with Crippen molar-refractivity contribution < 1.29 is 9.53 Å². The molecule has 1 heterocycles. The summed E-state index contributed by atoms with van der Waals surface area (Å²) < 4.78 is 4.87. The lowest BCUT2D eigenvalue weighted by Crippen LogP contribution is -2.09. The van der Waals surface area contributed by atoms with Crippen LogP contribution in [0.15, 0.2) is 24.3 Å². The maximum Gasteiger partial charge on any atom is 0.323 e. The Labute approximate surface area is 85.7 Å². The Morgan fingerprint density at radius 3 is 3.00 bits per heavy atom. The lowest BCUT2D eigenvalue weighted by atomic mass is 10.3. The zero-order valence-electron chi connectivity index (χ0n) is 7.23. The molecule has 0 amide bonds. The minimum absolute atomic E-state index is 0.0387. The predicted octanol–water partition coefficient (Wildman–Crippen LogP) is 1.40. The van der Waals surface area contributed by atoms with E-state index in [9.17, 15) is 4.79 Å². The van der Waals surface area contributed by atoms with Crippen LogP contribution in [0, 0.1) is 0 Å². The van der Waals surface area contributed by atoms with Gasteiger partial charge in [-0.25, -0.2) is 0 Å². The molecule has 0 atom stereocenters. The summed E-state index contributed by atoms with van der Waals surface area (Å²) in [5, 5.41) is 0. The van der Waals surface area contributed by atoms with E-state index in [0.717, 1.165) is 11.0 Å². The molecule has 0 fully saturated rings. The minimum atomic E-state index is -0.424. The van der Waals surface area contributed by atoms with Gasteiger partial charge in [0.15, 0.2) is 0 Å². The Morgan fingerprint density at radius 2 is 2.29 bits per heavy atom. The Bertz CT molecular complexity index is 434. The number of imidazole rings is 1. The van der Waals surface area contributed by atoms with Crippen molar-refractivity contribution in [2.24, 2.45) is 0 Å². The molecule has 0 bridgehead atoms. The molecule has 0 aliphatic rings. The highest BCUT2D eigenvalue weighted by atomic mass is 32.1. The van der Waals surface area contributed by atoms with Crippen molar-refractivity contribution >= 4 is 29.6 Å². The zero-order chi connectivity index (χ0) is 9.97. The average Bonchev–Trinajstić information content (AvgIpc) is 2.59. The molecule has 1 aromatic carbocycles. The first-order chi connectivity index (χ1) is 6.79. The first-order valence-electron chi connectivity index (χ1n) is 4.06. The van der Waals surface area contributed by atoms with Crippen LogP contribution < -0.4 is 4.74 Å². The molecule has 2 aromatic rings. The van der Waals surface area contributed by atoms with Gasteiger partial charge < -0.3 is 9.72 Å². The predicted molar refractivity (Wildman–Crippen MR) is 55.6 cm³/mol. The fourth-order valence-corrected chi connectivity index (χ4v) is 1.18. The second-order valence-corrected chi connectivity index (χ2v) is 3.01. The fraction of sp³-hybridized carbons (Fsp3) is 0.111. The van der Waals surface area contributed by atoms with Gasteiger partial charge in [-0.1, -0.05) is 12.1 Å². The summed E-state index contributed by atoms with van der Waals surface area (Å²) in [6.07, 6.45) is 0. The number of nitrogens with one attached hydrogen (secondary N) is 1. The number of esters is 1. The van der Waals surface area contributed by atoms with Crippen molar-refractivity contribution in [3.63, 3.8) is 0 Å². The first kappa shape index (κ1) is 9.08. The van der Waals surface area contributed by atoms with Crippen LogP contribution in [0.5, 0.6) is 6.01 Å². The number of carbonyl (C=O) groups is 1. The third-order valence-electron chi connectivity index (χ3n) is 1.71. The maximum atomic E-state index is 10.9. The number of benzene rings is 1. The summed E-state index contributed by atoms with van der Waals surface area (Å²) in [6, 6.07) is 7.66. The number of fused-ring (bicyclic) bond motifs is 1. The van der Waals surface area contributed by atoms with Gasteiger partial charge in [0.1, 0.15) is 0 Å². The van der Waals surface area contributed by atoms with E-state index in [-0.39, 0.29) is 11.8 Å². The van der Waals surface area contributed by atoms with Crippen molar-refractivity contribution in [3.05, 3.63) is 24.3 Å². The Morgan fingerprint density at radius 1 is 1.50 bits per heavy atom. The first-order valence-corrected chi connectivity index (χ1v) is 4.69. The normalized spacial score (nSPS) is 10.4. The van der Waals surface area contributed by atoms with Gasteiger partial charge in [-0.05, 0) is 12.1 Å². The molecule has 0 saturated heterocycles. The fourth-order valence-electron chi connectivity index (χ4n) is 1.12. The molecule has 4 nitrogen and oxygen atoms in total. The molecule has 0 saturated carbocycles. The van der Waals surface area contributed by atoms with Crippen molar-refractivity contribution in [2.75, 3.05) is 5.75 Å². The molecular formula is C9H8N2O2S. The molecule has 1 N–H and O–H groups in total. The highest BCUT2D eigenvalue weighted by Crippen LogP contribution is 2.14. The summed E-state index contributed by atoms with van der Waals surface area (Å²) in [4.78, 5) is 17.8. The topological polar surface area (TPSA) is 55.0 Å². The number of hydrogen-bond donors (Lipinski definition) is 2. The quantitative estimate of drug-likeness (QED) is 0.579. The van der Waals surface area contributed by atoms with Crippen molar-refractivity contribution in [1.29, 1.82) is 0 Å². The lowest BCUT2D eigenvalue weighted by Gasteiger charge is -1.94. The molecule has 0 radical (unpaired) electrons. The van der Waals surface area contributed by atoms with Crippen LogP contribution in [-0.4, -0.2) is 21.7 Å². The number of nitrogens with zero attached hydrogens (tertiary/aromatic N) is 1. The summed E-state index contributed by atoms with van der Waals surface area (Å²) in [5.41, 5.74) is 1.61. The Balaban J connectivity index is 2.31. The van der Waals surface area contributed by atoms with Gasteiger partial charge in [-0.2, -0.15) is 17.6 Å². The summed E-state index contributed by atoms with van der Waals surface area (Å²) in [6.45, 7) is 0. The number of rotatable bonds is 2. The second-order valence-electron chi connectivity index (χ2n) is 2.69. The van der Waals surface area contributed by atoms with Crippen LogP contribution in [0.2, 0.25) is 0 Å². The Kier molecular flexibility index (Phi) is 2.41. The van der Waals surface area contributed by atoms with Crippen LogP contribution in [0.4, 0.5) is 0 Å². The largest absolute Gasteiger partial charge is 0.392 e. The van der Waals surface area contributed by atoms with E-state index in [1.807, 2.05) is 24.3 Å².